The van der Waals surface area contributed by atoms with Crippen LogP contribution in [-0.4, -0.2) is 29.6 Å². The van der Waals surface area contributed by atoms with Crippen LogP contribution in [0.3, 0.4) is 0 Å². The highest BCUT2D eigenvalue weighted by atomic mass is 15.5. The maximum atomic E-state index is 4.36. The molecule has 0 spiro atoms. The van der Waals surface area contributed by atoms with Crippen LogP contribution in [0.5, 0.6) is 0 Å². The van der Waals surface area contributed by atoms with Crippen LogP contribution in [0.15, 0.2) is 10.1 Å². The van der Waals surface area contributed by atoms with Crippen LogP contribution in [-0.2, 0) is 0 Å². The van der Waals surface area contributed by atoms with E-state index in [2.05, 4.69) is 15.1 Å². The molecule has 0 saturated carbocycles. The molecule has 0 aromatic rings. The Morgan fingerprint density at radius 2 is 2.45 bits per heavy atom. The minimum absolute atomic E-state index is 0.493. The zero-order valence-corrected chi connectivity index (χ0v) is 6.82. The van der Waals surface area contributed by atoms with Crippen LogP contribution >= 0.6 is 0 Å². The first-order chi connectivity index (χ1) is 5.36. The first kappa shape index (κ1) is 6.83. The lowest BCUT2D eigenvalue weighted by Gasteiger charge is -2.32. The maximum absolute atomic E-state index is 4.36. The molecule has 11 heavy (non-hydrogen) atoms. The van der Waals surface area contributed by atoms with Gasteiger partial charge >= 0.3 is 0 Å². The molecule has 0 aromatic heterocycles. The van der Waals surface area contributed by atoms with Crippen LogP contribution in [0.1, 0.15) is 26.2 Å². The monoisotopic (exact) mass is 151 g/mol. The second-order valence-electron chi connectivity index (χ2n) is 3.15. The molecule has 1 atom stereocenters. The molecular weight excluding hydrogens is 138 g/mol. The maximum Gasteiger partial charge on any atom is 0.144 e. The SMILES string of the molecule is CC1=NN2CCCCC2C=N1. The quantitative estimate of drug-likeness (QED) is 0.512. The van der Waals surface area contributed by atoms with Gasteiger partial charge in [0.05, 0.1) is 6.04 Å². The van der Waals surface area contributed by atoms with Crippen molar-refractivity contribution in [2.75, 3.05) is 6.54 Å². The van der Waals surface area contributed by atoms with E-state index in [0.717, 1.165) is 12.4 Å². The number of rotatable bonds is 0. The summed E-state index contributed by atoms with van der Waals surface area (Å²) in [4.78, 5) is 4.20. The van der Waals surface area contributed by atoms with Gasteiger partial charge in [-0.2, -0.15) is 5.10 Å². The van der Waals surface area contributed by atoms with Gasteiger partial charge in [-0.3, -0.25) is 5.01 Å². The number of aliphatic imine (C=N–C) groups is 1. The Morgan fingerprint density at radius 3 is 3.36 bits per heavy atom. The summed E-state index contributed by atoms with van der Waals surface area (Å²) in [5.41, 5.74) is 0. The standard InChI is InChI=1S/C8H13N3/c1-7-9-6-8-4-2-3-5-11(8)10-7/h6,8H,2-5H2,1H3. The minimum atomic E-state index is 0.493. The van der Waals surface area contributed by atoms with Crippen molar-refractivity contribution >= 4 is 12.1 Å². The van der Waals surface area contributed by atoms with Gasteiger partial charge in [0.2, 0.25) is 0 Å². The van der Waals surface area contributed by atoms with Crippen LogP contribution in [0.2, 0.25) is 0 Å². The van der Waals surface area contributed by atoms with E-state index < -0.39 is 0 Å². The van der Waals surface area contributed by atoms with Crippen molar-refractivity contribution < 1.29 is 0 Å². The summed E-state index contributed by atoms with van der Waals surface area (Å²) < 4.78 is 0. The average molecular weight is 151 g/mol. The summed E-state index contributed by atoms with van der Waals surface area (Å²) in [6.07, 6.45) is 5.85. The molecule has 1 fully saturated rings. The lowest BCUT2D eigenvalue weighted by Crippen LogP contribution is -2.39. The molecule has 2 rings (SSSR count). The Bertz CT molecular complexity index is 207. The van der Waals surface area contributed by atoms with Crippen molar-refractivity contribution in [2.45, 2.75) is 32.2 Å². The summed E-state index contributed by atoms with van der Waals surface area (Å²) in [7, 11) is 0. The van der Waals surface area contributed by atoms with E-state index in [-0.39, 0.29) is 0 Å². The Morgan fingerprint density at radius 1 is 1.55 bits per heavy atom. The smallest absolute Gasteiger partial charge is 0.144 e. The molecule has 0 aromatic carbocycles. The third kappa shape index (κ3) is 1.27. The molecule has 0 radical (unpaired) electrons. The van der Waals surface area contributed by atoms with Gasteiger partial charge in [-0.1, -0.05) is 0 Å². The van der Waals surface area contributed by atoms with E-state index in [1.807, 2.05) is 13.1 Å². The molecule has 2 aliphatic rings. The van der Waals surface area contributed by atoms with Gasteiger partial charge in [0.1, 0.15) is 5.84 Å². The van der Waals surface area contributed by atoms with E-state index >= 15 is 0 Å². The molecule has 1 unspecified atom stereocenters. The van der Waals surface area contributed by atoms with Crippen LogP contribution in [0.4, 0.5) is 0 Å². The number of piperidine rings is 1. The van der Waals surface area contributed by atoms with Crippen LogP contribution in [0, 0.1) is 0 Å². The van der Waals surface area contributed by atoms with Gasteiger partial charge in [-0.25, -0.2) is 4.99 Å². The molecule has 0 N–H and O–H groups in total. The highest BCUT2D eigenvalue weighted by Gasteiger charge is 2.21. The second-order valence-corrected chi connectivity index (χ2v) is 3.15. The summed E-state index contributed by atoms with van der Waals surface area (Å²) in [5, 5.41) is 6.51. The Hall–Kier alpha value is -0.860. The fourth-order valence-corrected chi connectivity index (χ4v) is 1.62. The van der Waals surface area contributed by atoms with Crippen LogP contribution in [0.25, 0.3) is 0 Å². The predicted octanol–water partition coefficient (Wildman–Crippen LogP) is 1.26. The van der Waals surface area contributed by atoms with E-state index in [4.69, 9.17) is 0 Å². The Balaban J connectivity index is 2.13. The van der Waals surface area contributed by atoms with Crippen LogP contribution < -0.4 is 0 Å². The predicted molar refractivity (Wildman–Crippen MR) is 45.9 cm³/mol. The molecule has 3 heteroatoms. The molecule has 3 nitrogen and oxygen atoms in total. The number of fused-ring (bicyclic) bond motifs is 1. The average Bonchev–Trinajstić information content (AvgIpc) is 2.04. The minimum Gasteiger partial charge on any atom is -0.287 e. The van der Waals surface area contributed by atoms with Crippen molar-refractivity contribution in [3.05, 3.63) is 0 Å². The van der Waals surface area contributed by atoms with Gasteiger partial charge in [0, 0.05) is 12.8 Å². The zero-order valence-electron chi connectivity index (χ0n) is 6.82. The number of nitrogens with zero attached hydrogens (tertiary/aromatic N) is 3. The van der Waals surface area contributed by atoms with E-state index in [9.17, 15) is 0 Å². The molecule has 2 heterocycles. The van der Waals surface area contributed by atoms with Gasteiger partial charge in [-0.05, 0) is 26.2 Å². The number of hydrogen-bond donors (Lipinski definition) is 0. The van der Waals surface area contributed by atoms with Crippen molar-refractivity contribution in [3.8, 4) is 0 Å². The highest BCUT2D eigenvalue weighted by molar-refractivity contribution is 5.90. The normalized spacial score (nSPS) is 29.7. The first-order valence-electron chi connectivity index (χ1n) is 4.22. The lowest BCUT2D eigenvalue weighted by molar-refractivity contribution is 0.200. The Labute approximate surface area is 66.8 Å². The van der Waals surface area contributed by atoms with E-state index in [1.54, 1.807) is 0 Å². The molecule has 0 aliphatic carbocycles. The number of hydrazone groups is 1. The van der Waals surface area contributed by atoms with Crippen molar-refractivity contribution in [3.63, 3.8) is 0 Å². The number of hydrogen-bond acceptors (Lipinski definition) is 3. The Kier molecular flexibility index (Phi) is 1.64. The van der Waals surface area contributed by atoms with Gasteiger partial charge in [-0.15, -0.1) is 0 Å². The number of amidine groups is 1. The fourth-order valence-electron chi connectivity index (χ4n) is 1.62. The molecule has 0 bridgehead atoms. The van der Waals surface area contributed by atoms with E-state index in [0.29, 0.717) is 6.04 Å². The van der Waals surface area contributed by atoms with Gasteiger partial charge < -0.3 is 0 Å². The first-order valence-corrected chi connectivity index (χ1v) is 4.22. The molecule has 60 valence electrons. The zero-order chi connectivity index (χ0) is 7.68. The summed E-state index contributed by atoms with van der Waals surface area (Å²) >= 11 is 0. The second kappa shape index (κ2) is 2.64. The van der Waals surface area contributed by atoms with Gasteiger partial charge in [0.15, 0.2) is 0 Å². The van der Waals surface area contributed by atoms with E-state index in [1.165, 1.54) is 19.3 Å². The lowest BCUT2D eigenvalue weighted by atomic mass is 10.1. The molecule has 0 amide bonds. The third-order valence-corrected chi connectivity index (χ3v) is 2.23. The van der Waals surface area contributed by atoms with Gasteiger partial charge in [0.25, 0.3) is 0 Å². The van der Waals surface area contributed by atoms with Crippen molar-refractivity contribution in [1.82, 2.24) is 5.01 Å². The largest absolute Gasteiger partial charge is 0.287 e. The van der Waals surface area contributed by atoms with Crippen molar-refractivity contribution in [1.29, 1.82) is 0 Å². The highest BCUT2D eigenvalue weighted by Crippen LogP contribution is 2.17. The fraction of sp³-hybridized carbons (Fsp3) is 0.750. The molecular formula is C8H13N3. The third-order valence-electron chi connectivity index (χ3n) is 2.23. The van der Waals surface area contributed by atoms with Crippen molar-refractivity contribution in [2.24, 2.45) is 10.1 Å². The molecule has 1 saturated heterocycles. The molecule has 2 aliphatic heterocycles. The summed E-state index contributed by atoms with van der Waals surface area (Å²) in [5.74, 6) is 0.892. The summed E-state index contributed by atoms with van der Waals surface area (Å²) in [6.45, 7) is 3.05. The topological polar surface area (TPSA) is 28.0 Å². The summed E-state index contributed by atoms with van der Waals surface area (Å²) in [6, 6.07) is 0.493.